The van der Waals surface area contributed by atoms with Crippen molar-refractivity contribution >= 4 is 34.2 Å². The maximum atomic E-state index is 13.0. The van der Waals surface area contributed by atoms with Crippen molar-refractivity contribution in [3.8, 4) is 5.75 Å². The van der Waals surface area contributed by atoms with Gasteiger partial charge in [0, 0.05) is 23.5 Å². The van der Waals surface area contributed by atoms with E-state index >= 15 is 0 Å². The monoisotopic (exact) mass is 460 g/mol. The summed E-state index contributed by atoms with van der Waals surface area (Å²) < 4.78 is 5.14. The number of carbonyl (C=O) groups excluding carboxylic acids is 3. The van der Waals surface area contributed by atoms with E-state index in [2.05, 4.69) is 15.6 Å². The Morgan fingerprint density at radius 2 is 1.81 bits per heavy atom. The second-order valence-corrected chi connectivity index (χ2v) is 8.91. The lowest BCUT2D eigenvalue weighted by atomic mass is 10.1. The molecule has 0 aliphatic heterocycles. The van der Waals surface area contributed by atoms with Crippen LogP contribution in [0.25, 0.3) is 0 Å². The van der Waals surface area contributed by atoms with Gasteiger partial charge < -0.3 is 20.3 Å². The SMILES string of the molecule is CCC(C)NC(=O)Cc1csc(NC(=O)CN(CC(C)C)C(=O)c2ccc(OC)cc2)n1. The van der Waals surface area contributed by atoms with Crippen molar-refractivity contribution in [2.24, 2.45) is 5.92 Å². The lowest BCUT2D eigenvalue weighted by Crippen LogP contribution is -2.40. The van der Waals surface area contributed by atoms with Gasteiger partial charge in [-0.3, -0.25) is 14.4 Å². The lowest BCUT2D eigenvalue weighted by molar-refractivity contribution is -0.121. The molecular weight excluding hydrogens is 428 g/mol. The third-order valence-corrected chi connectivity index (χ3v) is 5.51. The Morgan fingerprint density at radius 1 is 1.12 bits per heavy atom. The Balaban J connectivity index is 1.99. The first-order valence-corrected chi connectivity index (χ1v) is 11.6. The van der Waals surface area contributed by atoms with Gasteiger partial charge in [-0.2, -0.15) is 0 Å². The van der Waals surface area contributed by atoms with E-state index in [0.29, 0.717) is 28.7 Å². The predicted octanol–water partition coefficient (Wildman–Crippen LogP) is 3.35. The molecule has 0 radical (unpaired) electrons. The van der Waals surface area contributed by atoms with Crippen LogP contribution < -0.4 is 15.4 Å². The van der Waals surface area contributed by atoms with Gasteiger partial charge >= 0.3 is 0 Å². The first-order valence-electron chi connectivity index (χ1n) is 10.7. The molecule has 1 heterocycles. The average molecular weight is 461 g/mol. The number of hydrogen-bond donors (Lipinski definition) is 2. The second-order valence-electron chi connectivity index (χ2n) is 8.05. The molecule has 3 amide bonds. The van der Waals surface area contributed by atoms with Gasteiger partial charge in [-0.05, 0) is 43.5 Å². The number of methoxy groups -OCH3 is 1. The van der Waals surface area contributed by atoms with E-state index in [1.807, 2.05) is 27.7 Å². The summed E-state index contributed by atoms with van der Waals surface area (Å²) in [7, 11) is 1.56. The van der Waals surface area contributed by atoms with Crippen LogP contribution in [-0.2, 0) is 16.0 Å². The number of rotatable bonds is 11. The van der Waals surface area contributed by atoms with Crippen LogP contribution in [0.2, 0.25) is 0 Å². The Labute approximate surface area is 193 Å². The molecule has 2 aromatic rings. The maximum absolute atomic E-state index is 13.0. The Hall–Kier alpha value is -2.94. The molecule has 0 aliphatic carbocycles. The maximum Gasteiger partial charge on any atom is 0.254 e. The van der Waals surface area contributed by atoms with E-state index in [-0.39, 0.29) is 42.6 Å². The topological polar surface area (TPSA) is 101 Å². The number of nitrogens with one attached hydrogen (secondary N) is 2. The molecule has 1 atom stereocenters. The summed E-state index contributed by atoms with van der Waals surface area (Å²) in [5, 5.41) is 7.79. The van der Waals surface area contributed by atoms with Crippen LogP contribution >= 0.6 is 11.3 Å². The van der Waals surface area contributed by atoms with Crippen LogP contribution in [0.5, 0.6) is 5.75 Å². The number of aromatic nitrogens is 1. The van der Waals surface area contributed by atoms with E-state index in [0.717, 1.165) is 6.42 Å². The van der Waals surface area contributed by atoms with Crippen LogP contribution in [0.1, 0.15) is 50.2 Å². The lowest BCUT2D eigenvalue weighted by Gasteiger charge is -2.24. The van der Waals surface area contributed by atoms with Gasteiger partial charge in [0.25, 0.3) is 5.91 Å². The number of benzene rings is 1. The first-order chi connectivity index (χ1) is 15.2. The zero-order chi connectivity index (χ0) is 23.7. The van der Waals surface area contributed by atoms with Crippen molar-refractivity contribution in [3.63, 3.8) is 0 Å². The molecule has 32 heavy (non-hydrogen) atoms. The number of ether oxygens (including phenoxy) is 1. The average Bonchev–Trinajstić information content (AvgIpc) is 3.18. The molecule has 1 aromatic carbocycles. The highest BCUT2D eigenvalue weighted by Gasteiger charge is 2.21. The minimum atomic E-state index is -0.336. The van der Waals surface area contributed by atoms with Crippen molar-refractivity contribution in [2.75, 3.05) is 25.5 Å². The van der Waals surface area contributed by atoms with Crippen LogP contribution in [0.15, 0.2) is 29.6 Å². The fraction of sp³-hybridized carbons (Fsp3) is 0.478. The molecule has 9 heteroatoms. The zero-order valence-electron chi connectivity index (χ0n) is 19.3. The van der Waals surface area contributed by atoms with E-state index < -0.39 is 0 Å². The fourth-order valence-electron chi connectivity index (χ4n) is 2.95. The first kappa shape index (κ1) is 25.3. The predicted molar refractivity (Wildman–Crippen MR) is 126 cm³/mol. The smallest absolute Gasteiger partial charge is 0.254 e. The number of thiazole rings is 1. The summed E-state index contributed by atoms with van der Waals surface area (Å²) in [5.41, 5.74) is 1.09. The molecule has 0 spiro atoms. The Bertz CT molecular complexity index is 911. The van der Waals surface area contributed by atoms with Crippen LogP contribution in [0, 0.1) is 5.92 Å². The second kappa shape index (κ2) is 12.2. The summed E-state index contributed by atoms with van der Waals surface area (Å²) in [6.45, 7) is 8.28. The molecule has 0 bridgehead atoms. The van der Waals surface area contributed by atoms with Crippen LogP contribution in [0.3, 0.4) is 0 Å². The summed E-state index contributed by atoms with van der Waals surface area (Å²) in [6, 6.07) is 6.91. The van der Waals surface area contributed by atoms with E-state index in [4.69, 9.17) is 4.74 Å². The van der Waals surface area contributed by atoms with E-state index in [9.17, 15) is 14.4 Å². The third kappa shape index (κ3) is 7.96. The molecule has 0 aliphatic rings. The number of nitrogens with zero attached hydrogens (tertiary/aromatic N) is 2. The molecule has 8 nitrogen and oxygen atoms in total. The van der Waals surface area contributed by atoms with Gasteiger partial charge in [-0.25, -0.2) is 4.98 Å². The largest absolute Gasteiger partial charge is 0.497 e. The van der Waals surface area contributed by atoms with Gasteiger partial charge in [0.05, 0.1) is 19.2 Å². The molecule has 0 saturated carbocycles. The van der Waals surface area contributed by atoms with Gasteiger partial charge in [0.2, 0.25) is 11.8 Å². The van der Waals surface area contributed by atoms with Crippen molar-refractivity contribution < 1.29 is 19.1 Å². The van der Waals surface area contributed by atoms with Gasteiger partial charge in [-0.1, -0.05) is 20.8 Å². The highest BCUT2D eigenvalue weighted by molar-refractivity contribution is 7.13. The molecule has 2 N–H and O–H groups in total. The number of carbonyl (C=O) groups is 3. The summed E-state index contributed by atoms with van der Waals surface area (Å²) in [5.74, 6) is 0.193. The Morgan fingerprint density at radius 3 is 2.41 bits per heavy atom. The molecule has 0 fully saturated rings. The Kier molecular flexibility index (Phi) is 9.64. The van der Waals surface area contributed by atoms with Crippen molar-refractivity contribution in [1.82, 2.24) is 15.2 Å². The molecule has 1 unspecified atom stereocenters. The summed E-state index contributed by atoms with van der Waals surface area (Å²) in [6.07, 6.45) is 1.01. The van der Waals surface area contributed by atoms with Gasteiger partial charge in [0.1, 0.15) is 12.3 Å². The van der Waals surface area contributed by atoms with E-state index in [1.54, 1.807) is 36.8 Å². The third-order valence-electron chi connectivity index (χ3n) is 4.70. The normalized spacial score (nSPS) is 11.7. The van der Waals surface area contributed by atoms with Gasteiger partial charge in [0.15, 0.2) is 5.13 Å². The summed E-state index contributed by atoms with van der Waals surface area (Å²) in [4.78, 5) is 43.4. The quantitative estimate of drug-likeness (QED) is 0.536. The minimum absolute atomic E-state index is 0.0908. The van der Waals surface area contributed by atoms with Gasteiger partial charge in [-0.15, -0.1) is 11.3 Å². The molecule has 2 rings (SSSR count). The molecule has 0 saturated heterocycles. The molecule has 174 valence electrons. The number of hydrogen-bond acceptors (Lipinski definition) is 6. The van der Waals surface area contributed by atoms with Crippen LogP contribution in [0.4, 0.5) is 5.13 Å². The van der Waals surface area contributed by atoms with E-state index in [1.165, 1.54) is 16.2 Å². The van der Waals surface area contributed by atoms with Crippen LogP contribution in [-0.4, -0.2) is 53.8 Å². The number of amides is 3. The van der Waals surface area contributed by atoms with Crippen molar-refractivity contribution in [2.45, 2.75) is 46.6 Å². The standard InChI is InChI=1S/C23H32N4O4S/c1-6-16(4)24-20(28)11-18-14-32-23(25-18)26-21(29)13-27(12-15(2)3)22(30)17-7-9-19(31-5)10-8-17/h7-10,14-16H,6,11-13H2,1-5H3,(H,24,28)(H,25,26,29). The highest BCUT2D eigenvalue weighted by Crippen LogP contribution is 2.17. The molecular formula is C23H32N4O4S. The number of anilines is 1. The zero-order valence-corrected chi connectivity index (χ0v) is 20.1. The van der Waals surface area contributed by atoms with Crippen molar-refractivity contribution in [3.05, 3.63) is 40.9 Å². The summed E-state index contributed by atoms with van der Waals surface area (Å²) >= 11 is 1.25. The minimum Gasteiger partial charge on any atom is -0.497 e. The fourth-order valence-corrected chi connectivity index (χ4v) is 3.67. The molecule has 1 aromatic heterocycles. The van der Waals surface area contributed by atoms with Crippen molar-refractivity contribution in [1.29, 1.82) is 0 Å². The highest BCUT2D eigenvalue weighted by atomic mass is 32.1.